The van der Waals surface area contributed by atoms with Gasteiger partial charge in [-0.2, -0.15) is 4.98 Å². The highest BCUT2D eigenvalue weighted by atomic mass is 35.5. The van der Waals surface area contributed by atoms with Gasteiger partial charge in [0.2, 0.25) is 5.95 Å². The molecule has 0 radical (unpaired) electrons. The lowest BCUT2D eigenvalue weighted by Crippen LogP contribution is -2.17. The number of anilines is 3. The Balaban J connectivity index is 1.85. The molecule has 0 saturated carbocycles. The molecule has 0 aliphatic carbocycles. The van der Waals surface area contributed by atoms with E-state index in [0.717, 1.165) is 36.4 Å². The number of halogens is 2. The van der Waals surface area contributed by atoms with E-state index in [0.29, 0.717) is 17.5 Å². The fourth-order valence-electron chi connectivity index (χ4n) is 2.86. The van der Waals surface area contributed by atoms with Crippen molar-refractivity contribution in [1.82, 2.24) is 14.9 Å². The third-order valence-electron chi connectivity index (χ3n) is 4.44. The quantitative estimate of drug-likeness (QED) is 0.464. The summed E-state index contributed by atoms with van der Waals surface area (Å²) in [5, 5.41) is 6.52. The van der Waals surface area contributed by atoms with Crippen LogP contribution in [0.2, 0.25) is 5.02 Å². The van der Waals surface area contributed by atoms with Crippen molar-refractivity contribution in [2.45, 2.75) is 6.42 Å². The average Bonchev–Trinajstić information content (AvgIpc) is 2.74. The Morgan fingerprint density at radius 1 is 1.13 bits per heavy atom. The number of methoxy groups -OCH3 is 1. The molecule has 2 aromatic carbocycles. The number of rotatable bonds is 9. The van der Waals surface area contributed by atoms with Gasteiger partial charge in [-0.05, 0) is 63.0 Å². The minimum Gasteiger partial charge on any atom is -0.497 e. The smallest absolute Gasteiger partial charge is 0.229 e. The molecule has 0 unspecified atom stereocenters. The van der Waals surface area contributed by atoms with Crippen LogP contribution in [0, 0.1) is 5.82 Å². The Hall–Kier alpha value is -2.90. The second-order valence-electron chi connectivity index (χ2n) is 7.02. The van der Waals surface area contributed by atoms with Crippen LogP contribution >= 0.6 is 11.6 Å². The summed E-state index contributed by atoms with van der Waals surface area (Å²) in [5.41, 5.74) is 2.46. The molecule has 2 N–H and O–H groups in total. The molecule has 0 amide bonds. The van der Waals surface area contributed by atoms with Gasteiger partial charge in [0.05, 0.1) is 12.1 Å². The van der Waals surface area contributed by atoms with Crippen molar-refractivity contribution >= 4 is 29.1 Å². The van der Waals surface area contributed by atoms with Gasteiger partial charge in [-0.25, -0.2) is 9.37 Å². The van der Waals surface area contributed by atoms with Crippen LogP contribution in [0.1, 0.15) is 6.42 Å². The summed E-state index contributed by atoms with van der Waals surface area (Å²) >= 11 is 5.87. The van der Waals surface area contributed by atoms with E-state index in [2.05, 4.69) is 25.5 Å². The molecule has 158 valence electrons. The summed E-state index contributed by atoms with van der Waals surface area (Å²) < 4.78 is 18.7. The third-order valence-corrected chi connectivity index (χ3v) is 4.73. The first-order chi connectivity index (χ1) is 14.5. The fraction of sp³-hybridized carbons (Fsp3) is 0.273. The second kappa shape index (κ2) is 10.2. The summed E-state index contributed by atoms with van der Waals surface area (Å²) in [6, 6.07) is 12.1. The van der Waals surface area contributed by atoms with Crippen molar-refractivity contribution < 1.29 is 9.13 Å². The Bertz CT molecular complexity index is 982. The van der Waals surface area contributed by atoms with Gasteiger partial charge >= 0.3 is 0 Å². The predicted octanol–water partition coefficient (Wildman–Crippen LogP) is 5.05. The van der Waals surface area contributed by atoms with Gasteiger partial charge in [0.25, 0.3) is 0 Å². The highest BCUT2D eigenvalue weighted by Crippen LogP contribution is 2.29. The van der Waals surface area contributed by atoms with Gasteiger partial charge in [0.1, 0.15) is 17.4 Å². The second-order valence-corrected chi connectivity index (χ2v) is 7.43. The zero-order valence-corrected chi connectivity index (χ0v) is 18.0. The highest BCUT2D eigenvalue weighted by molar-refractivity contribution is 6.31. The van der Waals surface area contributed by atoms with E-state index in [1.807, 2.05) is 38.4 Å². The SMILES string of the molecule is COc1ccc(-c2cnc(Nc3ccc(F)c(Cl)c3)nc2NCCCN(C)C)cc1. The largest absolute Gasteiger partial charge is 0.497 e. The monoisotopic (exact) mass is 429 g/mol. The molecule has 1 aromatic heterocycles. The fourth-order valence-corrected chi connectivity index (χ4v) is 3.04. The first-order valence-electron chi connectivity index (χ1n) is 9.58. The van der Waals surface area contributed by atoms with Crippen molar-refractivity contribution in [2.75, 3.05) is 44.9 Å². The molecule has 0 aliphatic rings. The molecule has 8 heteroatoms. The van der Waals surface area contributed by atoms with Crippen LogP contribution in [0.25, 0.3) is 11.1 Å². The number of benzene rings is 2. The van der Waals surface area contributed by atoms with E-state index in [9.17, 15) is 4.39 Å². The molecule has 0 atom stereocenters. The Morgan fingerprint density at radius 2 is 1.90 bits per heavy atom. The van der Waals surface area contributed by atoms with Crippen LogP contribution in [0.15, 0.2) is 48.7 Å². The molecule has 3 aromatic rings. The number of nitrogens with zero attached hydrogens (tertiary/aromatic N) is 3. The van der Waals surface area contributed by atoms with Crippen LogP contribution in [-0.2, 0) is 0 Å². The topological polar surface area (TPSA) is 62.3 Å². The normalized spacial score (nSPS) is 10.9. The van der Waals surface area contributed by atoms with Gasteiger partial charge in [0, 0.05) is 24.0 Å². The zero-order chi connectivity index (χ0) is 21.5. The average molecular weight is 430 g/mol. The number of hydrogen-bond acceptors (Lipinski definition) is 6. The minimum absolute atomic E-state index is 0.0388. The third kappa shape index (κ3) is 5.81. The lowest BCUT2D eigenvalue weighted by Gasteiger charge is -2.15. The molecular formula is C22H25ClFN5O. The lowest BCUT2D eigenvalue weighted by atomic mass is 10.1. The van der Waals surface area contributed by atoms with Crippen LogP contribution in [0.3, 0.4) is 0 Å². The Kier molecular flexibility index (Phi) is 7.43. The lowest BCUT2D eigenvalue weighted by molar-refractivity contribution is 0.405. The van der Waals surface area contributed by atoms with Gasteiger partial charge in [-0.1, -0.05) is 23.7 Å². The zero-order valence-electron chi connectivity index (χ0n) is 17.2. The van der Waals surface area contributed by atoms with E-state index in [1.54, 1.807) is 19.4 Å². The first-order valence-corrected chi connectivity index (χ1v) is 9.96. The molecule has 0 spiro atoms. The van der Waals surface area contributed by atoms with Crippen LogP contribution < -0.4 is 15.4 Å². The maximum Gasteiger partial charge on any atom is 0.229 e. The van der Waals surface area contributed by atoms with Gasteiger partial charge in [0.15, 0.2) is 0 Å². The van der Waals surface area contributed by atoms with Crippen molar-refractivity contribution in [2.24, 2.45) is 0 Å². The van der Waals surface area contributed by atoms with E-state index >= 15 is 0 Å². The van der Waals surface area contributed by atoms with E-state index < -0.39 is 5.82 Å². The summed E-state index contributed by atoms with van der Waals surface area (Å²) in [6.45, 7) is 1.73. The van der Waals surface area contributed by atoms with Gasteiger partial charge in [-0.15, -0.1) is 0 Å². The Labute approximate surface area is 181 Å². The summed E-state index contributed by atoms with van der Waals surface area (Å²) in [4.78, 5) is 11.2. The molecule has 0 aliphatic heterocycles. The molecule has 6 nitrogen and oxygen atoms in total. The van der Waals surface area contributed by atoms with E-state index in [1.165, 1.54) is 12.1 Å². The standard InChI is InChI=1S/C22H25ClFN5O/c1-29(2)12-4-11-25-21-18(15-5-8-17(30-3)9-6-15)14-26-22(28-21)27-16-7-10-20(24)19(23)13-16/h5-10,13-14H,4,11-12H2,1-3H3,(H2,25,26,27,28). The predicted molar refractivity (Wildman–Crippen MR) is 120 cm³/mol. The van der Waals surface area contributed by atoms with Crippen LogP contribution in [-0.4, -0.2) is 49.2 Å². The van der Waals surface area contributed by atoms with Crippen molar-refractivity contribution in [3.63, 3.8) is 0 Å². The summed E-state index contributed by atoms with van der Waals surface area (Å²) in [5.74, 6) is 1.42. The molecular weight excluding hydrogens is 405 g/mol. The first kappa shape index (κ1) is 21.8. The van der Waals surface area contributed by atoms with Crippen LogP contribution in [0.5, 0.6) is 5.75 Å². The molecule has 1 heterocycles. The van der Waals surface area contributed by atoms with E-state index in [4.69, 9.17) is 16.3 Å². The number of nitrogens with one attached hydrogen (secondary N) is 2. The van der Waals surface area contributed by atoms with E-state index in [-0.39, 0.29) is 5.02 Å². The van der Waals surface area contributed by atoms with Gasteiger partial charge < -0.3 is 20.3 Å². The minimum atomic E-state index is -0.471. The number of aromatic nitrogens is 2. The number of ether oxygens (including phenoxy) is 1. The molecule has 3 rings (SSSR count). The summed E-state index contributed by atoms with van der Waals surface area (Å²) in [6.07, 6.45) is 2.73. The van der Waals surface area contributed by atoms with Crippen molar-refractivity contribution in [3.05, 3.63) is 59.5 Å². The van der Waals surface area contributed by atoms with Crippen molar-refractivity contribution in [1.29, 1.82) is 0 Å². The summed E-state index contributed by atoms with van der Waals surface area (Å²) in [7, 11) is 5.73. The highest BCUT2D eigenvalue weighted by Gasteiger charge is 2.11. The molecule has 30 heavy (non-hydrogen) atoms. The maximum absolute atomic E-state index is 13.4. The van der Waals surface area contributed by atoms with Crippen molar-refractivity contribution in [3.8, 4) is 16.9 Å². The number of hydrogen-bond donors (Lipinski definition) is 2. The maximum atomic E-state index is 13.4. The Morgan fingerprint density at radius 3 is 2.57 bits per heavy atom. The molecule has 0 fully saturated rings. The van der Waals surface area contributed by atoms with Crippen LogP contribution in [0.4, 0.5) is 21.8 Å². The molecule has 0 bridgehead atoms. The van der Waals surface area contributed by atoms with Gasteiger partial charge in [-0.3, -0.25) is 0 Å². The molecule has 0 saturated heterocycles.